The smallest absolute Gasteiger partial charge is 0.310 e. The number of aromatic nitrogens is 2. The third-order valence-corrected chi connectivity index (χ3v) is 0.820. The van der Waals surface area contributed by atoms with Crippen molar-refractivity contribution in [3.05, 3.63) is 28.4 Å². The third-order valence-electron chi connectivity index (χ3n) is 0.820. The molecule has 0 saturated heterocycles. The van der Waals surface area contributed by atoms with Gasteiger partial charge >= 0.3 is 5.69 Å². The van der Waals surface area contributed by atoms with Crippen molar-refractivity contribution in [2.45, 2.75) is 6.92 Å². The maximum atomic E-state index is 10.3. The minimum Gasteiger partial charge on any atom is -0.310 e. The quantitative estimate of drug-likeness (QED) is 0.494. The summed E-state index contributed by atoms with van der Waals surface area (Å²) in [7, 11) is 0. The van der Waals surface area contributed by atoms with E-state index in [2.05, 4.69) is 9.97 Å². The maximum Gasteiger partial charge on any atom is 0.345 e. The maximum absolute atomic E-state index is 10.3. The van der Waals surface area contributed by atoms with Gasteiger partial charge in [0.2, 0.25) is 0 Å². The molecule has 0 aliphatic heterocycles. The van der Waals surface area contributed by atoms with Crippen LogP contribution in [0.4, 0.5) is 0 Å². The van der Waals surface area contributed by atoms with Crippen LogP contribution in [0.5, 0.6) is 0 Å². The van der Waals surface area contributed by atoms with Crippen LogP contribution >= 0.6 is 0 Å². The Labute approximate surface area is 74.8 Å². The molecule has 0 atom stereocenters. The number of H-pyrrole nitrogens is 1. The number of rotatable bonds is 0. The van der Waals surface area contributed by atoms with Crippen LogP contribution in [-0.4, -0.2) is 39.5 Å². The number of nitrogens with one attached hydrogen (secondary N) is 1. The SMILES string of the molecule is Cc1ccnc(=O)[nH]1.[Na]. The third kappa shape index (κ3) is 2.79. The minimum atomic E-state index is -0.287. The zero-order chi connectivity index (χ0) is 5.98. The first-order valence-corrected chi connectivity index (χ1v) is 2.31. The molecule has 1 radical (unpaired) electrons. The average molecular weight is 133 g/mol. The normalized spacial score (nSPS) is 8.11. The van der Waals surface area contributed by atoms with E-state index in [1.54, 1.807) is 6.07 Å². The molecular formula is C5H6N2NaO. The first-order valence-electron chi connectivity index (χ1n) is 2.31. The molecule has 43 valence electrons. The van der Waals surface area contributed by atoms with Crippen LogP contribution in [0.3, 0.4) is 0 Å². The van der Waals surface area contributed by atoms with Gasteiger partial charge < -0.3 is 4.98 Å². The molecule has 4 heteroatoms. The number of hydrogen-bond acceptors (Lipinski definition) is 2. The predicted octanol–water partition coefficient (Wildman–Crippen LogP) is -0.302. The number of aromatic amines is 1. The summed E-state index contributed by atoms with van der Waals surface area (Å²) < 4.78 is 0. The van der Waals surface area contributed by atoms with Gasteiger partial charge in [0.15, 0.2) is 0 Å². The molecule has 9 heavy (non-hydrogen) atoms. The second-order valence-electron chi connectivity index (χ2n) is 1.56. The Morgan fingerprint density at radius 3 is 2.67 bits per heavy atom. The molecule has 0 saturated carbocycles. The Hall–Kier alpha value is -0.120. The van der Waals surface area contributed by atoms with Crippen LogP contribution in [-0.2, 0) is 0 Å². The van der Waals surface area contributed by atoms with E-state index in [9.17, 15) is 4.79 Å². The van der Waals surface area contributed by atoms with E-state index in [1.165, 1.54) is 6.20 Å². The largest absolute Gasteiger partial charge is 0.345 e. The van der Waals surface area contributed by atoms with E-state index < -0.39 is 0 Å². The van der Waals surface area contributed by atoms with Crippen LogP contribution < -0.4 is 5.69 Å². The molecule has 0 aliphatic rings. The molecular weight excluding hydrogens is 127 g/mol. The molecule has 0 unspecified atom stereocenters. The molecule has 1 N–H and O–H groups in total. The Morgan fingerprint density at radius 2 is 2.33 bits per heavy atom. The van der Waals surface area contributed by atoms with Crippen LogP contribution in [0, 0.1) is 6.92 Å². The van der Waals surface area contributed by atoms with Crippen molar-refractivity contribution in [3.8, 4) is 0 Å². The van der Waals surface area contributed by atoms with Gasteiger partial charge in [-0.1, -0.05) is 0 Å². The summed E-state index contributed by atoms with van der Waals surface area (Å²) in [6.07, 6.45) is 1.48. The number of aryl methyl sites for hydroxylation is 1. The van der Waals surface area contributed by atoms with Gasteiger partial charge in [-0.3, -0.25) is 0 Å². The second-order valence-corrected chi connectivity index (χ2v) is 1.56. The Morgan fingerprint density at radius 1 is 1.67 bits per heavy atom. The topological polar surface area (TPSA) is 45.8 Å². The van der Waals surface area contributed by atoms with Crippen molar-refractivity contribution < 1.29 is 0 Å². The molecule has 1 rings (SSSR count). The fourth-order valence-electron chi connectivity index (χ4n) is 0.459. The van der Waals surface area contributed by atoms with Crippen LogP contribution in [0.2, 0.25) is 0 Å². The Balaban J connectivity index is 0.000000640. The van der Waals surface area contributed by atoms with Gasteiger partial charge in [-0.2, -0.15) is 0 Å². The number of nitrogens with zero attached hydrogens (tertiary/aromatic N) is 1. The molecule has 0 spiro atoms. The molecule has 1 aromatic rings. The summed E-state index contributed by atoms with van der Waals surface area (Å²) in [5.41, 5.74) is 0.551. The van der Waals surface area contributed by atoms with Crippen molar-refractivity contribution in [2.24, 2.45) is 0 Å². The fraction of sp³-hybridized carbons (Fsp3) is 0.200. The van der Waals surface area contributed by atoms with Gasteiger partial charge in [0.05, 0.1) is 0 Å². The summed E-state index contributed by atoms with van der Waals surface area (Å²) in [4.78, 5) is 16.3. The summed E-state index contributed by atoms with van der Waals surface area (Å²) in [5.74, 6) is 0. The van der Waals surface area contributed by atoms with Crippen molar-refractivity contribution in [1.29, 1.82) is 0 Å². The zero-order valence-electron chi connectivity index (χ0n) is 5.51. The summed E-state index contributed by atoms with van der Waals surface area (Å²) in [5, 5.41) is 0. The van der Waals surface area contributed by atoms with E-state index in [-0.39, 0.29) is 35.2 Å². The summed E-state index contributed by atoms with van der Waals surface area (Å²) in [6.45, 7) is 1.81. The monoisotopic (exact) mass is 133 g/mol. The molecule has 0 aromatic carbocycles. The molecule has 0 amide bonds. The average Bonchev–Trinajstić information content (AvgIpc) is 1.64. The first kappa shape index (κ1) is 8.88. The van der Waals surface area contributed by atoms with Crippen molar-refractivity contribution in [3.63, 3.8) is 0 Å². The van der Waals surface area contributed by atoms with Gasteiger partial charge in [0.25, 0.3) is 0 Å². The van der Waals surface area contributed by atoms with Gasteiger partial charge in [-0.05, 0) is 13.0 Å². The molecule has 0 fully saturated rings. The van der Waals surface area contributed by atoms with Gasteiger partial charge in [0, 0.05) is 41.4 Å². The standard InChI is InChI=1S/C5H6N2O.Na/c1-4-2-3-6-5(8)7-4;/h2-3H,1H3,(H,6,7,8);. The van der Waals surface area contributed by atoms with E-state index in [0.29, 0.717) is 0 Å². The first-order chi connectivity index (χ1) is 3.79. The van der Waals surface area contributed by atoms with Crippen LogP contribution in [0.1, 0.15) is 5.69 Å². The Bertz CT molecular complexity index is 232. The van der Waals surface area contributed by atoms with E-state index >= 15 is 0 Å². The minimum absolute atomic E-state index is 0. The van der Waals surface area contributed by atoms with Crippen molar-refractivity contribution >= 4 is 29.6 Å². The van der Waals surface area contributed by atoms with Crippen LogP contribution in [0.25, 0.3) is 0 Å². The molecule has 3 nitrogen and oxygen atoms in total. The van der Waals surface area contributed by atoms with Gasteiger partial charge in [-0.15, -0.1) is 0 Å². The second kappa shape index (κ2) is 3.82. The summed E-state index contributed by atoms with van der Waals surface area (Å²) in [6, 6.07) is 1.74. The number of hydrogen-bond donors (Lipinski definition) is 1. The molecule has 1 aromatic heterocycles. The van der Waals surface area contributed by atoms with Crippen molar-refractivity contribution in [1.82, 2.24) is 9.97 Å². The zero-order valence-corrected chi connectivity index (χ0v) is 7.51. The van der Waals surface area contributed by atoms with E-state index in [4.69, 9.17) is 0 Å². The van der Waals surface area contributed by atoms with Crippen molar-refractivity contribution in [2.75, 3.05) is 0 Å². The molecule has 1 heterocycles. The predicted molar refractivity (Wildman–Crippen MR) is 35.3 cm³/mol. The molecule has 0 bridgehead atoms. The Kier molecular flexibility index (Phi) is 3.77. The van der Waals surface area contributed by atoms with Crippen LogP contribution in [0.15, 0.2) is 17.1 Å². The fourth-order valence-corrected chi connectivity index (χ4v) is 0.459. The van der Waals surface area contributed by atoms with Gasteiger partial charge in [-0.25, -0.2) is 9.78 Å². The van der Waals surface area contributed by atoms with Gasteiger partial charge in [0.1, 0.15) is 0 Å². The van der Waals surface area contributed by atoms with E-state index in [1.807, 2.05) is 6.92 Å². The molecule has 0 aliphatic carbocycles. The van der Waals surface area contributed by atoms with E-state index in [0.717, 1.165) is 5.69 Å². The summed E-state index contributed by atoms with van der Waals surface area (Å²) >= 11 is 0.